The summed E-state index contributed by atoms with van der Waals surface area (Å²) in [6, 6.07) is 3.82. The van der Waals surface area contributed by atoms with E-state index >= 15 is 0 Å². The van der Waals surface area contributed by atoms with E-state index in [4.69, 9.17) is 0 Å². The quantitative estimate of drug-likeness (QED) is 0.852. The number of carbonyl (C=O) groups is 1. The number of thiazole rings is 1. The van der Waals surface area contributed by atoms with Crippen molar-refractivity contribution < 1.29 is 4.79 Å². The van der Waals surface area contributed by atoms with E-state index in [9.17, 15) is 4.79 Å². The number of aromatic nitrogens is 2. The van der Waals surface area contributed by atoms with E-state index in [1.54, 1.807) is 12.4 Å². The number of amides is 1. The van der Waals surface area contributed by atoms with Gasteiger partial charge in [-0.15, -0.1) is 11.3 Å². The predicted molar refractivity (Wildman–Crippen MR) is 79.6 cm³/mol. The standard InChI is InChI=1S/C15H17N3OS/c1-15(2)5-8-18(10-15)14(19)12-9-20-13(17-12)11-3-6-16-7-4-11/h3-4,6-7,9H,5,8,10H2,1-2H3. The molecule has 4 nitrogen and oxygen atoms in total. The molecule has 0 bridgehead atoms. The molecule has 104 valence electrons. The van der Waals surface area contributed by atoms with Gasteiger partial charge in [-0.3, -0.25) is 9.78 Å². The van der Waals surface area contributed by atoms with E-state index in [2.05, 4.69) is 23.8 Å². The number of likely N-dealkylation sites (tertiary alicyclic amines) is 1. The van der Waals surface area contributed by atoms with Gasteiger partial charge in [0.2, 0.25) is 0 Å². The Morgan fingerprint density at radius 1 is 1.35 bits per heavy atom. The lowest BCUT2D eigenvalue weighted by Gasteiger charge is -2.18. The molecule has 0 unspecified atom stereocenters. The van der Waals surface area contributed by atoms with E-state index in [0.29, 0.717) is 5.69 Å². The molecule has 0 aromatic carbocycles. The molecule has 2 aromatic heterocycles. The molecule has 0 radical (unpaired) electrons. The summed E-state index contributed by atoms with van der Waals surface area (Å²) >= 11 is 1.50. The molecule has 0 atom stereocenters. The van der Waals surface area contributed by atoms with Gasteiger partial charge in [-0.05, 0) is 24.0 Å². The summed E-state index contributed by atoms with van der Waals surface area (Å²) in [5.74, 6) is 0.0483. The SMILES string of the molecule is CC1(C)CCN(C(=O)c2csc(-c3ccncc3)n2)C1. The molecule has 2 aromatic rings. The van der Waals surface area contributed by atoms with Gasteiger partial charge < -0.3 is 4.90 Å². The number of pyridine rings is 1. The minimum Gasteiger partial charge on any atom is -0.337 e. The Labute approximate surface area is 122 Å². The first-order chi connectivity index (χ1) is 9.55. The number of hydrogen-bond acceptors (Lipinski definition) is 4. The van der Waals surface area contributed by atoms with Gasteiger partial charge in [0.05, 0.1) is 0 Å². The van der Waals surface area contributed by atoms with Crippen molar-refractivity contribution in [2.45, 2.75) is 20.3 Å². The van der Waals surface area contributed by atoms with Crippen LogP contribution in [0.1, 0.15) is 30.8 Å². The summed E-state index contributed by atoms with van der Waals surface area (Å²) in [6.07, 6.45) is 4.53. The van der Waals surface area contributed by atoms with Gasteiger partial charge in [0.25, 0.3) is 5.91 Å². The van der Waals surface area contributed by atoms with Gasteiger partial charge in [0.15, 0.2) is 0 Å². The molecule has 1 aliphatic rings. The molecule has 0 N–H and O–H groups in total. The van der Waals surface area contributed by atoms with Gasteiger partial charge in [-0.2, -0.15) is 0 Å². The molecular weight excluding hydrogens is 270 g/mol. The van der Waals surface area contributed by atoms with Gasteiger partial charge in [0.1, 0.15) is 10.7 Å². The van der Waals surface area contributed by atoms with Crippen LogP contribution in [-0.4, -0.2) is 33.9 Å². The highest BCUT2D eigenvalue weighted by molar-refractivity contribution is 7.13. The smallest absolute Gasteiger partial charge is 0.273 e. The Kier molecular flexibility index (Phi) is 3.30. The minimum atomic E-state index is 0.0483. The number of carbonyl (C=O) groups excluding carboxylic acids is 1. The fourth-order valence-corrected chi connectivity index (χ4v) is 3.25. The third-order valence-corrected chi connectivity index (χ3v) is 4.51. The van der Waals surface area contributed by atoms with Crippen LogP contribution in [0.4, 0.5) is 0 Å². The average molecular weight is 287 g/mol. The molecule has 5 heteroatoms. The third kappa shape index (κ3) is 2.58. The molecule has 0 aliphatic carbocycles. The lowest BCUT2D eigenvalue weighted by Crippen LogP contribution is -2.30. The second kappa shape index (κ2) is 4.98. The van der Waals surface area contributed by atoms with Gasteiger partial charge in [-0.25, -0.2) is 4.98 Å². The zero-order valence-corrected chi connectivity index (χ0v) is 12.5. The highest BCUT2D eigenvalue weighted by Crippen LogP contribution is 2.30. The Morgan fingerprint density at radius 3 is 2.75 bits per heavy atom. The van der Waals surface area contributed by atoms with Crippen molar-refractivity contribution in [1.82, 2.24) is 14.9 Å². The van der Waals surface area contributed by atoms with Crippen molar-refractivity contribution in [3.63, 3.8) is 0 Å². The molecule has 1 saturated heterocycles. The lowest BCUT2D eigenvalue weighted by atomic mass is 9.93. The number of rotatable bonds is 2. The second-order valence-corrected chi connectivity index (χ2v) is 6.77. The van der Waals surface area contributed by atoms with E-state index in [1.165, 1.54) is 11.3 Å². The van der Waals surface area contributed by atoms with Crippen LogP contribution in [0.3, 0.4) is 0 Å². The largest absolute Gasteiger partial charge is 0.337 e. The molecule has 0 spiro atoms. The van der Waals surface area contributed by atoms with Crippen molar-refractivity contribution in [3.05, 3.63) is 35.6 Å². The maximum Gasteiger partial charge on any atom is 0.273 e. The zero-order valence-electron chi connectivity index (χ0n) is 11.7. The summed E-state index contributed by atoms with van der Waals surface area (Å²) in [5, 5.41) is 2.72. The van der Waals surface area contributed by atoms with Crippen LogP contribution in [0, 0.1) is 5.41 Å². The van der Waals surface area contributed by atoms with Crippen molar-refractivity contribution in [3.8, 4) is 10.6 Å². The van der Waals surface area contributed by atoms with Crippen LogP contribution in [0.5, 0.6) is 0 Å². The molecule has 20 heavy (non-hydrogen) atoms. The first-order valence-electron chi connectivity index (χ1n) is 6.70. The van der Waals surface area contributed by atoms with Crippen LogP contribution in [0.25, 0.3) is 10.6 Å². The highest BCUT2D eigenvalue weighted by atomic mass is 32.1. The van der Waals surface area contributed by atoms with E-state index in [1.807, 2.05) is 22.4 Å². The predicted octanol–water partition coefficient (Wildman–Crippen LogP) is 3.08. The Balaban J connectivity index is 1.79. The van der Waals surface area contributed by atoms with Crippen LogP contribution in [0.2, 0.25) is 0 Å². The summed E-state index contributed by atoms with van der Waals surface area (Å²) in [4.78, 5) is 22.8. The summed E-state index contributed by atoms with van der Waals surface area (Å²) < 4.78 is 0. The van der Waals surface area contributed by atoms with Crippen molar-refractivity contribution in [2.75, 3.05) is 13.1 Å². The van der Waals surface area contributed by atoms with E-state index in [0.717, 1.165) is 30.1 Å². The molecule has 3 heterocycles. The fraction of sp³-hybridized carbons (Fsp3) is 0.400. The van der Waals surface area contributed by atoms with Crippen molar-refractivity contribution in [2.24, 2.45) is 5.41 Å². The molecule has 1 amide bonds. The average Bonchev–Trinajstić information content (AvgIpc) is 3.05. The van der Waals surface area contributed by atoms with Crippen molar-refractivity contribution in [1.29, 1.82) is 0 Å². The van der Waals surface area contributed by atoms with E-state index in [-0.39, 0.29) is 11.3 Å². The Morgan fingerprint density at radius 2 is 2.10 bits per heavy atom. The normalized spacial score (nSPS) is 17.4. The topological polar surface area (TPSA) is 46.1 Å². The van der Waals surface area contributed by atoms with Crippen LogP contribution >= 0.6 is 11.3 Å². The molecule has 0 saturated carbocycles. The summed E-state index contributed by atoms with van der Waals surface area (Å²) in [5.41, 5.74) is 1.78. The highest BCUT2D eigenvalue weighted by Gasteiger charge is 2.33. The second-order valence-electron chi connectivity index (χ2n) is 5.91. The Hall–Kier alpha value is -1.75. The van der Waals surface area contributed by atoms with Crippen LogP contribution in [-0.2, 0) is 0 Å². The number of nitrogens with zero attached hydrogens (tertiary/aromatic N) is 3. The Bertz CT molecular complexity index is 621. The first-order valence-corrected chi connectivity index (χ1v) is 7.58. The lowest BCUT2D eigenvalue weighted by molar-refractivity contribution is 0.0773. The van der Waals surface area contributed by atoms with E-state index < -0.39 is 0 Å². The third-order valence-electron chi connectivity index (χ3n) is 3.62. The zero-order chi connectivity index (χ0) is 14.2. The maximum absolute atomic E-state index is 12.4. The fourth-order valence-electron chi connectivity index (χ4n) is 2.45. The van der Waals surface area contributed by atoms with Crippen LogP contribution in [0.15, 0.2) is 29.9 Å². The molecular formula is C15H17N3OS. The monoisotopic (exact) mass is 287 g/mol. The van der Waals surface area contributed by atoms with Crippen molar-refractivity contribution >= 4 is 17.2 Å². The van der Waals surface area contributed by atoms with Crippen LogP contribution < -0.4 is 0 Å². The molecule has 3 rings (SSSR count). The number of hydrogen-bond donors (Lipinski definition) is 0. The summed E-state index contributed by atoms with van der Waals surface area (Å²) in [6.45, 7) is 6.04. The molecule has 1 fully saturated rings. The first kappa shape index (κ1) is 13.2. The minimum absolute atomic E-state index is 0.0483. The maximum atomic E-state index is 12.4. The summed E-state index contributed by atoms with van der Waals surface area (Å²) in [7, 11) is 0. The van der Waals surface area contributed by atoms with Gasteiger partial charge in [0, 0.05) is 36.4 Å². The van der Waals surface area contributed by atoms with Gasteiger partial charge >= 0.3 is 0 Å². The van der Waals surface area contributed by atoms with Gasteiger partial charge in [-0.1, -0.05) is 13.8 Å². The molecule has 1 aliphatic heterocycles.